The molecule has 2 aromatic heterocycles. The van der Waals surface area contributed by atoms with Gasteiger partial charge in [-0.25, -0.2) is 4.98 Å². The van der Waals surface area contributed by atoms with Crippen molar-refractivity contribution in [2.45, 2.75) is 64.1 Å². The molecule has 9 heteroatoms. The van der Waals surface area contributed by atoms with Crippen molar-refractivity contribution in [3.63, 3.8) is 0 Å². The maximum Gasteiger partial charge on any atom is 0.274 e. The molecule has 0 unspecified atom stereocenters. The topological polar surface area (TPSA) is 96.4 Å². The van der Waals surface area contributed by atoms with Gasteiger partial charge < -0.3 is 19.5 Å². The molecule has 3 aliphatic rings. The van der Waals surface area contributed by atoms with Crippen LogP contribution in [0.15, 0.2) is 17.1 Å². The number of nitrogens with zero attached hydrogens (tertiary/aromatic N) is 5. The van der Waals surface area contributed by atoms with Crippen molar-refractivity contribution >= 4 is 5.91 Å². The quantitative estimate of drug-likeness (QED) is 0.775. The molecule has 0 bridgehead atoms. The second-order valence-corrected chi connectivity index (χ2v) is 9.06. The number of amides is 1. The van der Waals surface area contributed by atoms with Crippen LogP contribution < -0.4 is 5.56 Å². The van der Waals surface area contributed by atoms with Crippen LogP contribution in [0.1, 0.15) is 66.1 Å². The Bertz CT molecular complexity index is 1020. The number of aromatic amines is 1. The molecule has 0 aliphatic carbocycles. The normalized spacial score (nSPS) is 21.0. The van der Waals surface area contributed by atoms with Crippen LogP contribution in [0.5, 0.6) is 0 Å². The summed E-state index contributed by atoms with van der Waals surface area (Å²) in [7, 11) is 0. The molecule has 0 atom stereocenters. The van der Waals surface area contributed by atoms with Gasteiger partial charge in [-0.3, -0.25) is 14.3 Å². The number of aryl methyl sites for hydroxylation is 1. The Morgan fingerprint density at radius 2 is 1.97 bits per heavy atom. The highest BCUT2D eigenvalue weighted by molar-refractivity contribution is 5.92. The highest BCUT2D eigenvalue weighted by Gasteiger charge is 2.30. The summed E-state index contributed by atoms with van der Waals surface area (Å²) in [6.07, 6.45) is 6.68. The largest absolute Gasteiger partial charge is 0.381 e. The lowest BCUT2D eigenvalue weighted by Crippen LogP contribution is -2.44. The Balaban J connectivity index is 1.25. The zero-order valence-corrected chi connectivity index (χ0v) is 18.8. The van der Waals surface area contributed by atoms with Gasteiger partial charge in [-0.15, -0.1) is 0 Å². The number of ether oxygens (including phenoxy) is 1. The summed E-state index contributed by atoms with van der Waals surface area (Å²) in [4.78, 5) is 37.9. The molecular weight excluding hydrogens is 408 g/mol. The molecule has 1 N–H and O–H groups in total. The number of rotatable bonds is 4. The van der Waals surface area contributed by atoms with Crippen molar-refractivity contribution in [2.24, 2.45) is 0 Å². The second-order valence-electron chi connectivity index (χ2n) is 9.06. The minimum absolute atomic E-state index is 0.103. The van der Waals surface area contributed by atoms with E-state index in [1.54, 1.807) is 21.8 Å². The van der Waals surface area contributed by atoms with Crippen LogP contribution in [0.25, 0.3) is 0 Å². The SMILES string of the molecule is CCn1ccc(C(=O)N2CCc3nc(C4CCN(C5CCOCC5)CC4)[nH]c(=O)c3C2)n1. The number of likely N-dealkylation sites (tertiary alicyclic amines) is 1. The number of fused-ring (bicyclic) bond motifs is 1. The van der Waals surface area contributed by atoms with Gasteiger partial charge in [0.25, 0.3) is 11.5 Å². The number of hydrogen-bond donors (Lipinski definition) is 1. The van der Waals surface area contributed by atoms with E-state index in [2.05, 4.69) is 15.0 Å². The minimum atomic E-state index is -0.133. The molecule has 3 aliphatic heterocycles. The van der Waals surface area contributed by atoms with E-state index in [-0.39, 0.29) is 18.0 Å². The molecule has 5 rings (SSSR count). The first-order valence-electron chi connectivity index (χ1n) is 11.9. The number of aromatic nitrogens is 4. The molecule has 2 fully saturated rings. The van der Waals surface area contributed by atoms with E-state index < -0.39 is 0 Å². The summed E-state index contributed by atoms with van der Waals surface area (Å²) >= 11 is 0. The number of nitrogens with one attached hydrogen (secondary N) is 1. The third-order valence-corrected chi connectivity index (χ3v) is 7.18. The molecule has 0 aromatic carbocycles. The van der Waals surface area contributed by atoms with Crippen LogP contribution >= 0.6 is 0 Å². The Labute approximate surface area is 187 Å². The van der Waals surface area contributed by atoms with E-state index in [4.69, 9.17) is 9.72 Å². The first kappa shape index (κ1) is 21.3. The third-order valence-electron chi connectivity index (χ3n) is 7.18. The summed E-state index contributed by atoms with van der Waals surface area (Å²) in [6.45, 7) is 7.37. The fourth-order valence-corrected chi connectivity index (χ4v) is 5.21. The van der Waals surface area contributed by atoms with Crippen molar-refractivity contribution in [2.75, 3.05) is 32.8 Å². The lowest BCUT2D eigenvalue weighted by atomic mass is 9.93. The number of hydrogen-bond acceptors (Lipinski definition) is 6. The van der Waals surface area contributed by atoms with Gasteiger partial charge >= 0.3 is 0 Å². The Morgan fingerprint density at radius 1 is 1.19 bits per heavy atom. The van der Waals surface area contributed by atoms with Crippen LogP contribution in [0, 0.1) is 0 Å². The lowest BCUT2D eigenvalue weighted by Gasteiger charge is -2.39. The van der Waals surface area contributed by atoms with Crippen LogP contribution in [0.3, 0.4) is 0 Å². The predicted molar refractivity (Wildman–Crippen MR) is 119 cm³/mol. The van der Waals surface area contributed by atoms with Crippen LogP contribution in [-0.4, -0.2) is 74.3 Å². The molecule has 9 nitrogen and oxygen atoms in total. The summed E-state index contributed by atoms with van der Waals surface area (Å²) in [5.74, 6) is 0.982. The van der Waals surface area contributed by atoms with Crippen LogP contribution in [0.4, 0.5) is 0 Å². The highest BCUT2D eigenvalue weighted by atomic mass is 16.5. The van der Waals surface area contributed by atoms with Crippen molar-refractivity contribution in [1.29, 1.82) is 0 Å². The van der Waals surface area contributed by atoms with Crippen molar-refractivity contribution in [3.05, 3.63) is 45.4 Å². The number of H-pyrrole nitrogens is 1. The van der Waals surface area contributed by atoms with E-state index in [9.17, 15) is 9.59 Å². The smallest absolute Gasteiger partial charge is 0.274 e. The van der Waals surface area contributed by atoms with Gasteiger partial charge in [0.05, 0.1) is 17.8 Å². The number of carbonyl (C=O) groups excluding carboxylic acids is 1. The summed E-state index contributed by atoms with van der Waals surface area (Å²) in [5.41, 5.74) is 1.78. The summed E-state index contributed by atoms with van der Waals surface area (Å²) in [6, 6.07) is 2.37. The van der Waals surface area contributed by atoms with Gasteiger partial charge in [-0.05, 0) is 51.8 Å². The molecule has 0 saturated carbocycles. The van der Waals surface area contributed by atoms with Crippen LogP contribution in [0.2, 0.25) is 0 Å². The van der Waals surface area contributed by atoms with Gasteiger partial charge in [-0.2, -0.15) is 5.10 Å². The number of piperidine rings is 1. The monoisotopic (exact) mass is 440 g/mol. The first-order chi connectivity index (χ1) is 15.6. The fourth-order valence-electron chi connectivity index (χ4n) is 5.21. The summed E-state index contributed by atoms with van der Waals surface area (Å²) in [5, 5.41) is 4.31. The molecule has 2 saturated heterocycles. The fraction of sp³-hybridized carbons (Fsp3) is 0.652. The Hall–Kier alpha value is -2.52. The minimum Gasteiger partial charge on any atom is -0.381 e. The average molecular weight is 441 g/mol. The maximum atomic E-state index is 12.9. The van der Waals surface area contributed by atoms with E-state index in [1.165, 1.54) is 0 Å². The van der Waals surface area contributed by atoms with Crippen LogP contribution in [-0.2, 0) is 24.2 Å². The molecule has 0 spiro atoms. The Kier molecular flexibility index (Phi) is 6.10. The van der Waals surface area contributed by atoms with Gasteiger partial charge in [0.2, 0.25) is 0 Å². The lowest BCUT2D eigenvalue weighted by molar-refractivity contribution is 0.0248. The molecule has 0 radical (unpaired) electrons. The van der Waals surface area contributed by atoms with Crippen molar-refractivity contribution < 1.29 is 9.53 Å². The highest BCUT2D eigenvalue weighted by Crippen LogP contribution is 2.29. The van der Waals surface area contributed by atoms with Crippen molar-refractivity contribution in [3.8, 4) is 0 Å². The molecular formula is C23H32N6O3. The van der Waals surface area contributed by atoms with E-state index >= 15 is 0 Å². The average Bonchev–Trinajstić information content (AvgIpc) is 3.33. The van der Waals surface area contributed by atoms with E-state index in [0.717, 1.165) is 70.0 Å². The second kappa shape index (κ2) is 9.15. The van der Waals surface area contributed by atoms with E-state index in [0.29, 0.717) is 36.2 Å². The zero-order valence-electron chi connectivity index (χ0n) is 18.8. The van der Waals surface area contributed by atoms with Crippen molar-refractivity contribution in [1.82, 2.24) is 29.5 Å². The third kappa shape index (κ3) is 4.23. The molecule has 2 aromatic rings. The molecule has 172 valence electrons. The predicted octanol–water partition coefficient (Wildman–Crippen LogP) is 1.54. The zero-order chi connectivity index (χ0) is 22.1. The van der Waals surface area contributed by atoms with E-state index in [1.807, 2.05) is 6.92 Å². The van der Waals surface area contributed by atoms with Gasteiger partial charge in [0.15, 0.2) is 0 Å². The Morgan fingerprint density at radius 3 is 2.69 bits per heavy atom. The maximum absolute atomic E-state index is 12.9. The molecule has 1 amide bonds. The standard InChI is InChI=1S/C23H32N6O3/c1-2-29-12-6-20(26-29)23(31)28-11-5-19-18(15-28)22(30)25-21(24-19)16-3-9-27(10-4-16)17-7-13-32-14-8-17/h6,12,16-17H,2-5,7-11,13-15H2,1H3,(H,24,25,30). The van der Waals surface area contributed by atoms with Gasteiger partial charge in [0.1, 0.15) is 11.5 Å². The first-order valence-corrected chi connectivity index (χ1v) is 11.9. The van der Waals surface area contributed by atoms with Gasteiger partial charge in [-0.1, -0.05) is 0 Å². The number of carbonyl (C=O) groups is 1. The molecule has 32 heavy (non-hydrogen) atoms. The molecule has 5 heterocycles. The summed E-state index contributed by atoms with van der Waals surface area (Å²) < 4.78 is 7.23. The van der Waals surface area contributed by atoms with Gasteiger partial charge in [0, 0.05) is 50.9 Å².